The number of hydrogen-bond donors (Lipinski definition) is 0. The zero-order chi connectivity index (χ0) is 12.5. The third kappa shape index (κ3) is 1.54. The Kier molecular flexibility index (Phi) is 2.49. The number of aromatic nitrogens is 2. The highest BCUT2D eigenvalue weighted by molar-refractivity contribution is 6.07. The first kappa shape index (κ1) is 10.8. The van der Waals surface area contributed by atoms with Crippen molar-refractivity contribution in [3.05, 3.63) is 42.2 Å². The fourth-order valence-electron chi connectivity index (χ4n) is 2.46. The second-order valence-corrected chi connectivity index (χ2v) is 4.46. The third-order valence-electron chi connectivity index (χ3n) is 3.40. The van der Waals surface area contributed by atoms with Crippen molar-refractivity contribution < 1.29 is 0 Å². The Morgan fingerprint density at radius 1 is 1.22 bits per heavy atom. The maximum Gasteiger partial charge on any atom is 0.0625 e. The summed E-state index contributed by atoms with van der Waals surface area (Å²) in [5, 5.41) is 11.0. The molecule has 0 bridgehead atoms. The molecule has 0 aliphatic heterocycles. The molecule has 18 heavy (non-hydrogen) atoms. The van der Waals surface area contributed by atoms with E-state index in [1.165, 1.54) is 27.4 Å². The van der Waals surface area contributed by atoms with Gasteiger partial charge in [-0.05, 0) is 30.2 Å². The number of fused-ring (bicyclic) bond motifs is 3. The van der Waals surface area contributed by atoms with E-state index < -0.39 is 0 Å². The highest BCUT2D eigenvalue weighted by Crippen LogP contribution is 2.28. The van der Waals surface area contributed by atoms with Gasteiger partial charge in [-0.25, -0.2) is 0 Å². The summed E-state index contributed by atoms with van der Waals surface area (Å²) in [7, 11) is 2.07. The number of nitrogens with zero attached hydrogens (tertiary/aromatic N) is 3. The lowest BCUT2D eigenvalue weighted by Gasteiger charge is -2.00. The Bertz CT molecular complexity index is 762. The van der Waals surface area contributed by atoms with Crippen LogP contribution in [0.25, 0.3) is 21.8 Å². The molecule has 3 heteroatoms. The van der Waals surface area contributed by atoms with E-state index in [1.807, 2.05) is 18.5 Å². The van der Waals surface area contributed by atoms with E-state index in [4.69, 9.17) is 5.26 Å². The summed E-state index contributed by atoms with van der Waals surface area (Å²) in [6, 6.07) is 10.6. The predicted molar refractivity (Wildman–Crippen MR) is 72.2 cm³/mol. The normalized spacial score (nSPS) is 10.9. The minimum Gasteiger partial charge on any atom is -0.344 e. The molecular formula is C15H13N3. The summed E-state index contributed by atoms with van der Waals surface area (Å²) < 4.78 is 2.18. The molecule has 0 atom stereocenters. The Morgan fingerprint density at radius 3 is 2.89 bits per heavy atom. The Labute approximate surface area is 105 Å². The molecule has 88 valence electrons. The van der Waals surface area contributed by atoms with Gasteiger partial charge in [0, 0.05) is 42.2 Å². The van der Waals surface area contributed by atoms with Gasteiger partial charge in [-0.15, -0.1) is 0 Å². The van der Waals surface area contributed by atoms with Crippen LogP contribution >= 0.6 is 0 Å². The van der Waals surface area contributed by atoms with Crippen molar-refractivity contribution in [2.75, 3.05) is 0 Å². The van der Waals surface area contributed by atoms with Crippen molar-refractivity contribution in [2.45, 2.75) is 12.8 Å². The summed E-state index contributed by atoms with van der Waals surface area (Å²) in [4.78, 5) is 4.20. The summed E-state index contributed by atoms with van der Waals surface area (Å²) in [5.74, 6) is 0. The molecule has 0 aliphatic rings. The van der Waals surface area contributed by atoms with Crippen LogP contribution in [-0.4, -0.2) is 9.55 Å². The van der Waals surface area contributed by atoms with E-state index in [0.717, 1.165) is 6.42 Å². The zero-order valence-electron chi connectivity index (χ0n) is 10.2. The fraction of sp³-hybridized carbons (Fsp3) is 0.200. The molecule has 0 unspecified atom stereocenters. The smallest absolute Gasteiger partial charge is 0.0625 e. The van der Waals surface area contributed by atoms with Gasteiger partial charge in [0.05, 0.1) is 11.6 Å². The van der Waals surface area contributed by atoms with Crippen molar-refractivity contribution >= 4 is 21.8 Å². The van der Waals surface area contributed by atoms with Gasteiger partial charge >= 0.3 is 0 Å². The molecule has 0 spiro atoms. The maximum atomic E-state index is 8.65. The largest absolute Gasteiger partial charge is 0.344 e. The van der Waals surface area contributed by atoms with Crippen LogP contribution in [0.1, 0.15) is 12.0 Å². The van der Waals surface area contributed by atoms with Gasteiger partial charge in [0.1, 0.15) is 0 Å². The first-order valence-electron chi connectivity index (χ1n) is 5.99. The second-order valence-electron chi connectivity index (χ2n) is 4.46. The standard InChI is InChI=1S/C15H13N3/c1-18-14-5-4-11(3-2-7-16)9-12(14)13-10-17-8-6-15(13)18/h4-6,8-10H,2-3H2,1H3. The van der Waals surface area contributed by atoms with Crippen LogP contribution in [-0.2, 0) is 13.5 Å². The molecule has 0 radical (unpaired) electrons. The summed E-state index contributed by atoms with van der Waals surface area (Å²) >= 11 is 0. The van der Waals surface area contributed by atoms with Crippen LogP contribution in [0, 0.1) is 11.3 Å². The fourth-order valence-corrected chi connectivity index (χ4v) is 2.46. The van der Waals surface area contributed by atoms with Crippen molar-refractivity contribution in [1.29, 1.82) is 5.26 Å². The van der Waals surface area contributed by atoms with Gasteiger partial charge < -0.3 is 4.57 Å². The first-order valence-corrected chi connectivity index (χ1v) is 5.99. The number of aryl methyl sites for hydroxylation is 2. The highest BCUT2D eigenvalue weighted by atomic mass is 14.9. The Morgan fingerprint density at radius 2 is 2.06 bits per heavy atom. The van der Waals surface area contributed by atoms with E-state index in [2.05, 4.69) is 40.9 Å². The van der Waals surface area contributed by atoms with E-state index >= 15 is 0 Å². The van der Waals surface area contributed by atoms with Gasteiger partial charge in [-0.3, -0.25) is 4.98 Å². The van der Waals surface area contributed by atoms with Crippen molar-refractivity contribution in [2.24, 2.45) is 7.05 Å². The monoisotopic (exact) mass is 235 g/mol. The lowest BCUT2D eigenvalue weighted by molar-refractivity contribution is 1.00. The molecule has 0 N–H and O–H groups in total. The van der Waals surface area contributed by atoms with Crippen molar-refractivity contribution in [3.63, 3.8) is 0 Å². The van der Waals surface area contributed by atoms with Crippen LogP contribution < -0.4 is 0 Å². The predicted octanol–water partition coefficient (Wildman–Crippen LogP) is 3.18. The van der Waals surface area contributed by atoms with Crippen molar-refractivity contribution in [1.82, 2.24) is 9.55 Å². The van der Waals surface area contributed by atoms with Crippen LogP contribution in [0.15, 0.2) is 36.7 Å². The third-order valence-corrected chi connectivity index (χ3v) is 3.40. The number of nitriles is 1. The average Bonchev–Trinajstić information content (AvgIpc) is 2.71. The minimum absolute atomic E-state index is 0.564. The van der Waals surface area contributed by atoms with Crippen LogP contribution in [0.3, 0.4) is 0 Å². The van der Waals surface area contributed by atoms with Gasteiger partial charge in [0.25, 0.3) is 0 Å². The summed E-state index contributed by atoms with van der Waals surface area (Å²) in [6.07, 6.45) is 5.10. The average molecular weight is 235 g/mol. The SMILES string of the molecule is Cn1c2ccncc2c2cc(CCC#N)ccc21. The van der Waals surface area contributed by atoms with Crippen molar-refractivity contribution in [3.8, 4) is 6.07 Å². The maximum absolute atomic E-state index is 8.65. The lowest BCUT2D eigenvalue weighted by atomic mass is 10.1. The molecule has 1 aromatic carbocycles. The van der Waals surface area contributed by atoms with E-state index in [9.17, 15) is 0 Å². The molecule has 0 aliphatic carbocycles. The zero-order valence-corrected chi connectivity index (χ0v) is 10.2. The first-order chi connectivity index (χ1) is 8.81. The number of rotatable bonds is 2. The highest BCUT2D eigenvalue weighted by Gasteiger charge is 2.08. The molecule has 3 aromatic rings. The minimum atomic E-state index is 0.564. The molecule has 0 saturated heterocycles. The molecule has 0 amide bonds. The van der Waals surface area contributed by atoms with E-state index in [1.54, 1.807) is 0 Å². The molecule has 2 heterocycles. The lowest BCUT2D eigenvalue weighted by Crippen LogP contribution is -1.87. The van der Waals surface area contributed by atoms with Gasteiger partial charge in [0.15, 0.2) is 0 Å². The molecule has 0 fully saturated rings. The molecule has 3 nitrogen and oxygen atoms in total. The topological polar surface area (TPSA) is 41.6 Å². The second kappa shape index (κ2) is 4.15. The van der Waals surface area contributed by atoms with Gasteiger partial charge in [0.2, 0.25) is 0 Å². The summed E-state index contributed by atoms with van der Waals surface area (Å²) in [5.41, 5.74) is 3.61. The van der Waals surface area contributed by atoms with Crippen LogP contribution in [0.5, 0.6) is 0 Å². The van der Waals surface area contributed by atoms with Gasteiger partial charge in [-0.1, -0.05) is 6.07 Å². The van der Waals surface area contributed by atoms with E-state index in [-0.39, 0.29) is 0 Å². The summed E-state index contributed by atoms with van der Waals surface area (Å²) in [6.45, 7) is 0. The molecule has 3 rings (SSSR count). The number of pyridine rings is 1. The molecule has 2 aromatic heterocycles. The molecule has 0 saturated carbocycles. The van der Waals surface area contributed by atoms with Gasteiger partial charge in [-0.2, -0.15) is 5.26 Å². The quantitative estimate of drug-likeness (QED) is 0.684. The van der Waals surface area contributed by atoms with Crippen LogP contribution in [0.4, 0.5) is 0 Å². The van der Waals surface area contributed by atoms with E-state index in [0.29, 0.717) is 6.42 Å². The number of hydrogen-bond acceptors (Lipinski definition) is 2. The Hall–Kier alpha value is -2.34. The number of benzene rings is 1. The molecular weight excluding hydrogens is 222 g/mol. The Balaban J connectivity index is 2.27. The van der Waals surface area contributed by atoms with Crippen LogP contribution in [0.2, 0.25) is 0 Å².